The summed E-state index contributed by atoms with van der Waals surface area (Å²) >= 11 is 11.5. The van der Waals surface area contributed by atoms with Gasteiger partial charge < -0.3 is 21.3 Å². The van der Waals surface area contributed by atoms with Gasteiger partial charge in [-0.2, -0.15) is 0 Å². The molecular weight excluding hydrogens is 343 g/mol. The van der Waals surface area contributed by atoms with Gasteiger partial charge in [-0.25, -0.2) is 0 Å². The van der Waals surface area contributed by atoms with Crippen molar-refractivity contribution in [2.75, 3.05) is 53.4 Å². The van der Waals surface area contributed by atoms with Gasteiger partial charge in [0.05, 0.1) is 0 Å². The summed E-state index contributed by atoms with van der Waals surface area (Å²) in [7, 11) is 3.87. The van der Waals surface area contributed by atoms with Crippen LogP contribution in [0.1, 0.15) is 38.5 Å². The maximum atomic E-state index is 5.76. The van der Waals surface area contributed by atoms with Crippen molar-refractivity contribution >= 4 is 23.2 Å². The van der Waals surface area contributed by atoms with Gasteiger partial charge in [-0.05, 0) is 51.2 Å². The molecular formula is C18H36Cl2N4. The molecule has 142 valence electrons. The Hall–Kier alpha value is -0.100. The SMILES string of the molecule is CNC/C(=C/Cl)CNCCCCCCCCNC/C(=C\Cl)CNC. The number of hydrogen-bond acceptors (Lipinski definition) is 4. The molecule has 4 nitrogen and oxygen atoms in total. The van der Waals surface area contributed by atoms with Gasteiger partial charge in [-0.15, -0.1) is 0 Å². The normalized spacial score (nSPS) is 12.8. The summed E-state index contributed by atoms with van der Waals surface area (Å²) in [5.74, 6) is 0. The van der Waals surface area contributed by atoms with E-state index in [1.807, 2.05) is 14.1 Å². The number of nitrogens with one attached hydrogen (secondary N) is 4. The van der Waals surface area contributed by atoms with Crippen LogP contribution >= 0.6 is 23.2 Å². The van der Waals surface area contributed by atoms with Gasteiger partial charge in [-0.1, -0.05) is 48.9 Å². The zero-order chi connectivity index (χ0) is 17.9. The fourth-order valence-corrected chi connectivity index (χ4v) is 2.75. The molecule has 4 N–H and O–H groups in total. The zero-order valence-electron chi connectivity index (χ0n) is 15.4. The molecule has 0 amide bonds. The Kier molecular flexibility index (Phi) is 19.1. The standard InChI is InChI=1S/C18H36Cl2N4/c1-21-13-17(11-19)15-23-9-7-5-3-4-6-8-10-24-16-18(12-20)14-22-2/h11-12,21-24H,3-10,13-16H2,1-2H3/b17-11-,18-12-. The summed E-state index contributed by atoms with van der Waals surface area (Å²) in [4.78, 5) is 0. The van der Waals surface area contributed by atoms with E-state index in [1.165, 1.54) is 49.7 Å². The number of likely N-dealkylation sites (N-methyl/N-ethyl adjacent to an activating group) is 2. The minimum absolute atomic E-state index is 0.849. The smallest absolute Gasteiger partial charge is 0.0189 e. The van der Waals surface area contributed by atoms with E-state index < -0.39 is 0 Å². The van der Waals surface area contributed by atoms with E-state index in [4.69, 9.17) is 23.2 Å². The van der Waals surface area contributed by atoms with Gasteiger partial charge in [0.25, 0.3) is 0 Å². The lowest BCUT2D eigenvalue weighted by Gasteiger charge is -2.08. The fourth-order valence-electron chi connectivity index (χ4n) is 2.44. The van der Waals surface area contributed by atoms with Crippen molar-refractivity contribution in [3.05, 3.63) is 22.2 Å². The van der Waals surface area contributed by atoms with E-state index >= 15 is 0 Å². The second-order valence-electron chi connectivity index (χ2n) is 6.07. The number of rotatable bonds is 17. The molecule has 0 saturated carbocycles. The molecule has 0 radical (unpaired) electrons. The maximum absolute atomic E-state index is 5.76. The van der Waals surface area contributed by atoms with Crippen molar-refractivity contribution in [1.29, 1.82) is 0 Å². The Morgan fingerprint density at radius 2 is 1.00 bits per heavy atom. The first-order valence-corrected chi connectivity index (χ1v) is 9.92. The Morgan fingerprint density at radius 1 is 0.625 bits per heavy atom. The van der Waals surface area contributed by atoms with Crippen molar-refractivity contribution in [3.8, 4) is 0 Å². The third-order valence-electron chi connectivity index (χ3n) is 3.78. The molecule has 0 aliphatic heterocycles. The quantitative estimate of drug-likeness (QED) is 0.293. The van der Waals surface area contributed by atoms with E-state index in [0.717, 1.165) is 39.3 Å². The van der Waals surface area contributed by atoms with Gasteiger partial charge in [0.1, 0.15) is 0 Å². The van der Waals surface area contributed by atoms with Crippen molar-refractivity contribution < 1.29 is 0 Å². The Balaban J connectivity index is 3.28. The third kappa shape index (κ3) is 15.4. The van der Waals surface area contributed by atoms with E-state index in [0.29, 0.717) is 0 Å². The van der Waals surface area contributed by atoms with E-state index in [9.17, 15) is 0 Å². The van der Waals surface area contributed by atoms with Gasteiger partial charge in [0.15, 0.2) is 0 Å². The van der Waals surface area contributed by atoms with Crippen LogP contribution in [0.5, 0.6) is 0 Å². The molecule has 6 heteroatoms. The van der Waals surface area contributed by atoms with Crippen LogP contribution in [0.3, 0.4) is 0 Å². The molecule has 0 unspecified atom stereocenters. The molecule has 0 heterocycles. The van der Waals surface area contributed by atoms with Crippen LogP contribution in [-0.4, -0.2) is 53.4 Å². The maximum Gasteiger partial charge on any atom is 0.0189 e. The number of hydrogen-bond donors (Lipinski definition) is 4. The average molecular weight is 379 g/mol. The lowest BCUT2D eigenvalue weighted by atomic mass is 10.1. The second-order valence-corrected chi connectivity index (χ2v) is 6.51. The minimum atomic E-state index is 0.849. The highest BCUT2D eigenvalue weighted by atomic mass is 35.5. The van der Waals surface area contributed by atoms with E-state index in [1.54, 1.807) is 11.1 Å². The number of unbranched alkanes of at least 4 members (excludes halogenated alkanes) is 5. The van der Waals surface area contributed by atoms with E-state index in [2.05, 4.69) is 21.3 Å². The Bertz CT molecular complexity index is 301. The predicted molar refractivity (Wildman–Crippen MR) is 109 cm³/mol. The monoisotopic (exact) mass is 378 g/mol. The topological polar surface area (TPSA) is 48.1 Å². The highest BCUT2D eigenvalue weighted by Crippen LogP contribution is 2.05. The van der Waals surface area contributed by atoms with Crippen molar-refractivity contribution in [3.63, 3.8) is 0 Å². The Labute approximate surface area is 158 Å². The number of halogens is 2. The van der Waals surface area contributed by atoms with Gasteiger partial charge >= 0.3 is 0 Å². The first-order valence-electron chi connectivity index (χ1n) is 9.05. The Morgan fingerprint density at radius 3 is 1.33 bits per heavy atom. The zero-order valence-corrected chi connectivity index (χ0v) is 16.9. The molecule has 0 aliphatic carbocycles. The molecule has 0 saturated heterocycles. The molecule has 0 aromatic heterocycles. The van der Waals surface area contributed by atoms with Crippen LogP contribution in [0.2, 0.25) is 0 Å². The fraction of sp³-hybridized carbons (Fsp3) is 0.778. The van der Waals surface area contributed by atoms with Crippen molar-refractivity contribution in [1.82, 2.24) is 21.3 Å². The molecule has 0 aliphatic rings. The molecule has 24 heavy (non-hydrogen) atoms. The molecule has 0 spiro atoms. The highest BCUT2D eigenvalue weighted by molar-refractivity contribution is 6.26. The average Bonchev–Trinajstić information content (AvgIpc) is 2.60. The molecule has 0 rings (SSSR count). The summed E-state index contributed by atoms with van der Waals surface area (Å²) < 4.78 is 0. The highest BCUT2D eigenvalue weighted by Gasteiger charge is 1.97. The first-order chi connectivity index (χ1) is 11.8. The summed E-state index contributed by atoms with van der Waals surface area (Å²) in [5, 5.41) is 13.1. The van der Waals surface area contributed by atoms with Crippen LogP contribution in [0.4, 0.5) is 0 Å². The van der Waals surface area contributed by atoms with Crippen LogP contribution in [0.25, 0.3) is 0 Å². The third-order valence-corrected chi connectivity index (χ3v) is 4.39. The first kappa shape index (κ1) is 23.9. The van der Waals surface area contributed by atoms with Crippen molar-refractivity contribution in [2.24, 2.45) is 0 Å². The van der Waals surface area contributed by atoms with Gasteiger partial charge in [-0.3, -0.25) is 0 Å². The van der Waals surface area contributed by atoms with Crippen LogP contribution in [0.15, 0.2) is 22.2 Å². The van der Waals surface area contributed by atoms with Gasteiger partial charge in [0.2, 0.25) is 0 Å². The van der Waals surface area contributed by atoms with E-state index in [-0.39, 0.29) is 0 Å². The lowest BCUT2D eigenvalue weighted by Crippen LogP contribution is -2.23. The summed E-state index contributed by atoms with van der Waals surface area (Å²) in [6.07, 6.45) is 7.72. The molecule has 0 aromatic rings. The van der Waals surface area contributed by atoms with Crippen LogP contribution in [0, 0.1) is 0 Å². The van der Waals surface area contributed by atoms with Crippen LogP contribution < -0.4 is 21.3 Å². The molecule has 0 atom stereocenters. The van der Waals surface area contributed by atoms with Crippen molar-refractivity contribution in [2.45, 2.75) is 38.5 Å². The second kappa shape index (κ2) is 19.2. The minimum Gasteiger partial charge on any atom is -0.316 e. The largest absolute Gasteiger partial charge is 0.316 e. The summed E-state index contributed by atoms with van der Waals surface area (Å²) in [6.45, 7) is 5.59. The predicted octanol–water partition coefficient (Wildman–Crippen LogP) is 3.19. The van der Waals surface area contributed by atoms with Crippen LogP contribution in [-0.2, 0) is 0 Å². The molecule has 0 aromatic carbocycles. The molecule has 0 bridgehead atoms. The summed E-state index contributed by atoms with van der Waals surface area (Å²) in [5.41, 5.74) is 5.74. The summed E-state index contributed by atoms with van der Waals surface area (Å²) in [6, 6.07) is 0. The van der Waals surface area contributed by atoms with Gasteiger partial charge in [0, 0.05) is 37.2 Å². The lowest BCUT2D eigenvalue weighted by molar-refractivity contribution is 0.559. The molecule has 0 fully saturated rings.